The van der Waals surface area contributed by atoms with Gasteiger partial charge in [-0.05, 0) is 31.1 Å². The summed E-state index contributed by atoms with van der Waals surface area (Å²) in [5.41, 5.74) is 3.31. The molecular formula is C13H18. The third-order valence-corrected chi connectivity index (χ3v) is 3.21. The van der Waals surface area contributed by atoms with Crippen molar-refractivity contribution in [2.45, 2.75) is 33.1 Å². The van der Waals surface area contributed by atoms with Crippen molar-refractivity contribution in [1.29, 1.82) is 0 Å². The predicted octanol–water partition coefficient (Wildman–Crippen LogP) is 3.87. The van der Waals surface area contributed by atoms with E-state index in [0.717, 1.165) is 11.8 Å². The first-order valence-electron chi connectivity index (χ1n) is 5.32. The highest BCUT2D eigenvalue weighted by molar-refractivity contribution is 5.29. The summed E-state index contributed by atoms with van der Waals surface area (Å²) in [6.07, 6.45) is 13.0. The Kier molecular flexibility index (Phi) is 2.39. The van der Waals surface area contributed by atoms with Crippen molar-refractivity contribution in [3.05, 3.63) is 35.5 Å². The van der Waals surface area contributed by atoms with Gasteiger partial charge in [0.25, 0.3) is 0 Å². The lowest BCUT2D eigenvalue weighted by molar-refractivity contribution is 0.536. The summed E-state index contributed by atoms with van der Waals surface area (Å²) in [4.78, 5) is 0. The second kappa shape index (κ2) is 3.53. The van der Waals surface area contributed by atoms with Gasteiger partial charge in [0.2, 0.25) is 0 Å². The molecule has 0 aromatic carbocycles. The minimum absolute atomic E-state index is 0.743. The van der Waals surface area contributed by atoms with Crippen molar-refractivity contribution in [2.24, 2.45) is 11.8 Å². The van der Waals surface area contributed by atoms with Crippen molar-refractivity contribution in [3.8, 4) is 0 Å². The highest BCUT2D eigenvalue weighted by Crippen LogP contribution is 2.36. The summed E-state index contributed by atoms with van der Waals surface area (Å²) in [5, 5.41) is 0. The number of allylic oxidation sites excluding steroid dienone is 6. The van der Waals surface area contributed by atoms with Crippen molar-refractivity contribution in [3.63, 3.8) is 0 Å². The molecule has 0 fully saturated rings. The van der Waals surface area contributed by atoms with Gasteiger partial charge in [-0.3, -0.25) is 0 Å². The van der Waals surface area contributed by atoms with Crippen LogP contribution in [0.5, 0.6) is 0 Å². The van der Waals surface area contributed by atoms with Crippen LogP contribution in [0.15, 0.2) is 35.5 Å². The van der Waals surface area contributed by atoms with Crippen LogP contribution < -0.4 is 0 Å². The first-order chi connectivity index (χ1) is 6.27. The standard InChI is InChI=1S/C13H18/c1-10(2)12-8-7-11-5-3-4-6-13(11)9-12/h3-5,8,10,13H,6-7,9H2,1-2H3. The quantitative estimate of drug-likeness (QED) is 0.529. The predicted molar refractivity (Wildman–Crippen MR) is 57.5 cm³/mol. The van der Waals surface area contributed by atoms with E-state index in [1.165, 1.54) is 19.3 Å². The van der Waals surface area contributed by atoms with E-state index in [9.17, 15) is 0 Å². The Morgan fingerprint density at radius 2 is 2.23 bits per heavy atom. The molecule has 0 saturated heterocycles. The summed E-state index contributed by atoms with van der Waals surface area (Å²) in [7, 11) is 0. The second-order valence-electron chi connectivity index (χ2n) is 4.44. The fourth-order valence-electron chi connectivity index (χ4n) is 2.26. The lowest BCUT2D eigenvalue weighted by atomic mass is 9.77. The molecule has 0 spiro atoms. The Morgan fingerprint density at radius 3 is 3.00 bits per heavy atom. The highest BCUT2D eigenvalue weighted by atomic mass is 14.3. The van der Waals surface area contributed by atoms with Crippen LogP contribution in [-0.4, -0.2) is 0 Å². The molecule has 0 aromatic heterocycles. The minimum Gasteiger partial charge on any atom is -0.0839 e. The van der Waals surface area contributed by atoms with E-state index in [0.29, 0.717) is 0 Å². The lowest BCUT2D eigenvalue weighted by Gasteiger charge is -2.28. The van der Waals surface area contributed by atoms with E-state index in [1.807, 2.05) is 0 Å². The van der Waals surface area contributed by atoms with Crippen molar-refractivity contribution < 1.29 is 0 Å². The van der Waals surface area contributed by atoms with Crippen LogP contribution in [-0.2, 0) is 0 Å². The van der Waals surface area contributed by atoms with Gasteiger partial charge >= 0.3 is 0 Å². The molecule has 0 aromatic rings. The molecule has 0 heterocycles. The summed E-state index contributed by atoms with van der Waals surface area (Å²) < 4.78 is 0. The Labute approximate surface area is 81.0 Å². The fourth-order valence-corrected chi connectivity index (χ4v) is 2.26. The molecule has 0 N–H and O–H groups in total. The molecule has 1 atom stereocenters. The Bertz CT molecular complexity index is 276. The van der Waals surface area contributed by atoms with Crippen molar-refractivity contribution in [2.75, 3.05) is 0 Å². The van der Waals surface area contributed by atoms with Gasteiger partial charge in [-0.2, -0.15) is 0 Å². The van der Waals surface area contributed by atoms with Gasteiger partial charge in [0, 0.05) is 0 Å². The average Bonchev–Trinajstić information content (AvgIpc) is 2.17. The maximum atomic E-state index is 2.44. The smallest absolute Gasteiger partial charge is 0.0125 e. The molecule has 0 amide bonds. The van der Waals surface area contributed by atoms with Gasteiger partial charge in [-0.25, -0.2) is 0 Å². The minimum atomic E-state index is 0.743. The molecule has 0 saturated carbocycles. The molecule has 2 rings (SSSR count). The van der Waals surface area contributed by atoms with Gasteiger partial charge < -0.3 is 0 Å². The Balaban J connectivity index is 2.15. The van der Waals surface area contributed by atoms with Crippen molar-refractivity contribution >= 4 is 0 Å². The van der Waals surface area contributed by atoms with Crippen LogP contribution in [0.2, 0.25) is 0 Å². The summed E-state index contributed by atoms with van der Waals surface area (Å²) in [5.74, 6) is 1.57. The molecule has 70 valence electrons. The van der Waals surface area contributed by atoms with E-state index < -0.39 is 0 Å². The molecule has 0 radical (unpaired) electrons. The van der Waals surface area contributed by atoms with E-state index in [2.05, 4.69) is 38.2 Å². The number of hydrogen-bond donors (Lipinski definition) is 0. The molecule has 2 aliphatic rings. The van der Waals surface area contributed by atoms with Crippen LogP contribution in [0.25, 0.3) is 0 Å². The lowest BCUT2D eigenvalue weighted by Crippen LogP contribution is -2.13. The van der Waals surface area contributed by atoms with Gasteiger partial charge in [0.1, 0.15) is 0 Å². The number of fused-ring (bicyclic) bond motifs is 1. The molecular weight excluding hydrogens is 156 g/mol. The number of hydrogen-bond acceptors (Lipinski definition) is 0. The Hall–Kier alpha value is -0.780. The molecule has 2 aliphatic carbocycles. The van der Waals surface area contributed by atoms with Crippen LogP contribution in [0.4, 0.5) is 0 Å². The molecule has 0 bridgehead atoms. The number of rotatable bonds is 1. The highest BCUT2D eigenvalue weighted by Gasteiger charge is 2.21. The van der Waals surface area contributed by atoms with E-state index in [-0.39, 0.29) is 0 Å². The fraction of sp³-hybridized carbons (Fsp3) is 0.538. The zero-order chi connectivity index (χ0) is 9.26. The van der Waals surface area contributed by atoms with Gasteiger partial charge in [-0.15, -0.1) is 0 Å². The van der Waals surface area contributed by atoms with Gasteiger partial charge in [0.15, 0.2) is 0 Å². The SMILES string of the molecule is CC(C)C1=CCC2=CC=CCC2C1. The first-order valence-corrected chi connectivity index (χ1v) is 5.32. The summed E-state index contributed by atoms with van der Waals surface area (Å²) in [6.45, 7) is 4.61. The average molecular weight is 174 g/mol. The monoisotopic (exact) mass is 174 g/mol. The van der Waals surface area contributed by atoms with Gasteiger partial charge in [-0.1, -0.05) is 49.3 Å². The molecule has 0 heteroatoms. The van der Waals surface area contributed by atoms with E-state index in [1.54, 1.807) is 11.1 Å². The normalized spacial score (nSPS) is 26.8. The zero-order valence-electron chi connectivity index (χ0n) is 8.59. The molecule has 1 unspecified atom stereocenters. The summed E-state index contributed by atoms with van der Waals surface area (Å²) >= 11 is 0. The zero-order valence-corrected chi connectivity index (χ0v) is 8.59. The second-order valence-corrected chi connectivity index (χ2v) is 4.44. The maximum Gasteiger partial charge on any atom is -0.0125 e. The first kappa shape index (κ1) is 8.80. The van der Waals surface area contributed by atoms with Crippen LogP contribution in [0, 0.1) is 11.8 Å². The van der Waals surface area contributed by atoms with Crippen LogP contribution in [0.3, 0.4) is 0 Å². The topological polar surface area (TPSA) is 0 Å². The maximum absolute atomic E-state index is 2.44. The van der Waals surface area contributed by atoms with Crippen LogP contribution in [0.1, 0.15) is 33.1 Å². The summed E-state index contributed by atoms with van der Waals surface area (Å²) in [6, 6.07) is 0. The molecule has 0 nitrogen and oxygen atoms in total. The molecule has 0 aliphatic heterocycles. The molecule has 13 heavy (non-hydrogen) atoms. The van der Waals surface area contributed by atoms with Crippen molar-refractivity contribution in [1.82, 2.24) is 0 Å². The third kappa shape index (κ3) is 1.77. The van der Waals surface area contributed by atoms with Gasteiger partial charge in [0.05, 0.1) is 0 Å². The van der Waals surface area contributed by atoms with E-state index >= 15 is 0 Å². The largest absolute Gasteiger partial charge is 0.0839 e. The van der Waals surface area contributed by atoms with Crippen LogP contribution >= 0.6 is 0 Å². The van der Waals surface area contributed by atoms with E-state index in [4.69, 9.17) is 0 Å². The Morgan fingerprint density at radius 1 is 1.38 bits per heavy atom. The third-order valence-electron chi connectivity index (χ3n) is 3.21.